The van der Waals surface area contributed by atoms with Crippen molar-refractivity contribution in [2.45, 2.75) is 111 Å². The van der Waals surface area contributed by atoms with Crippen LogP contribution in [0.15, 0.2) is 12.7 Å². The molecule has 0 aromatic rings. The lowest BCUT2D eigenvalue weighted by Gasteiger charge is -2.62. The van der Waals surface area contributed by atoms with Crippen molar-refractivity contribution in [2.75, 3.05) is 12.3 Å². The number of hydrogen-bond acceptors (Lipinski definition) is 6. The number of ketones is 2. The van der Waals surface area contributed by atoms with Gasteiger partial charge in [-0.2, -0.15) is 0 Å². The van der Waals surface area contributed by atoms with E-state index in [9.17, 15) is 19.5 Å². The zero-order valence-corrected chi connectivity index (χ0v) is 26.5. The molecule has 1 amide bonds. The first-order valence-electron chi connectivity index (χ1n) is 15.0. The number of aliphatic hydroxyl groups is 1. The number of nitrogens with one attached hydrogen (secondary N) is 1. The van der Waals surface area contributed by atoms with E-state index in [0.29, 0.717) is 43.3 Å². The molecule has 0 aromatic heterocycles. The van der Waals surface area contributed by atoms with Gasteiger partial charge in [0.1, 0.15) is 11.6 Å². The van der Waals surface area contributed by atoms with Crippen molar-refractivity contribution >= 4 is 29.2 Å². The van der Waals surface area contributed by atoms with Crippen molar-refractivity contribution in [3.05, 3.63) is 12.7 Å². The summed E-state index contributed by atoms with van der Waals surface area (Å²) in [6.07, 6.45) is 5.71. The zero-order valence-electron chi connectivity index (χ0n) is 25.6. The molecular weight excluding hydrogens is 508 g/mol. The average Bonchev–Trinajstić information content (AvgIpc) is 3.24. The fraction of sp³-hybridized carbons (Fsp3) is 0.844. The third-order valence-corrected chi connectivity index (χ3v) is 12.7. The van der Waals surface area contributed by atoms with E-state index in [1.165, 1.54) is 0 Å². The molecule has 6 nitrogen and oxygen atoms in total. The van der Waals surface area contributed by atoms with Gasteiger partial charge in [-0.05, 0) is 74.0 Å². The molecule has 2 bridgehead atoms. The minimum Gasteiger partial charge on any atom is -0.392 e. The van der Waals surface area contributed by atoms with Crippen LogP contribution in [0.3, 0.4) is 0 Å². The highest BCUT2D eigenvalue weighted by molar-refractivity contribution is 8.01. The number of amides is 1. The van der Waals surface area contributed by atoms with Gasteiger partial charge in [0.2, 0.25) is 5.91 Å². The minimum atomic E-state index is -0.604. The second-order valence-corrected chi connectivity index (χ2v) is 16.2. The first-order chi connectivity index (χ1) is 17.9. The Hall–Kier alpha value is -1.18. The van der Waals surface area contributed by atoms with Crippen molar-refractivity contribution < 1.29 is 19.5 Å². The molecule has 0 radical (unpaired) electrons. The molecule has 0 aromatic carbocycles. The number of thioether (sulfide) groups is 1. The Labute approximate surface area is 241 Å². The van der Waals surface area contributed by atoms with Crippen LogP contribution in [0.2, 0.25) is 0 Å². The summed E-state index contributed by atoms with van der Waals surface area (Å²) in [4.78, 5) is 39.6. The SMILES string of the molecule is C=C[C@]1(C)C[C@@H](CC(=O)CSC(C)(C)CNC(=O)[C@H](N)C(C)C)[C@]2(C)[C@H](C)CC[C@]3(CCC(=O)[C@H]32)[C@@H](C)[C@@H]1O. The van der Waals surface area contributed by atoms with Gasteiger partial charge in [-0.15, -0.1) is 18.3 Å². The molecule has 222 valence electrons. The molecule has 7 heteroatoms. The van der Waals surface area contributed by atoms with Gasteiger partial charge >= 0.3 is 0 Å². The summed E-state index contributed by atoms with van der Waals surface area (Å²) in [6.45, 7) is 21.2. The normalized spacial score (nSPS) is 39.5. The van der Waals surface area contributed by atoms with Crippen LogP contribution in [-0.2, 0) is 14.4 Å². The van der Waals surface area contributed by atoms with E-state index in [1.54, 1.807) is 11.8 Å². The summed E-state index contributed by atoms with van der Waals surface area (Å²) < 4.78 is -0.331. The lowest BCUT2D eigenvalue weighted by Crippen LogP contribution is -2.61. The van der Waals surface area contributed by atoms with Gasteiger partial charge in [0.25, 0.3) is 0 Å². The molecule has 3 aliphatic rings. The second-order valence-electron chi connectivity index (χ2n) is 14.6. The molecule has 0 saturated heterocycles. The summed E-state index contributed by atoms with van der Waals surface area (Å²) in [6, 6.07) is -0.548. The van der Waals surface area contributed by atoms with Gasteiger partial charge in [-0.3, -0.25) is 14.4 Å². The number of carbonyl (C=O) groups is 3. The molecule has 0 heterocycles. The van der Waals surface area contributed by atoms with Crippen LogP contribution in [0.4, 0.5) is 0 Å². The highest BCUT2D eigenvalue weighted by Gasteiger charge is 2.67. The standard InChI is InChI=1S/C32H54N2O4S/c1-10-30(8)16-22(15-23(35)17-39-29(6,7)18-34-28(38)25(33)19(2)3)31(9)20(4)11-13-32(21(5)27(30)37)14-12-24(36)26(31)32/h10,19-22,25-27,37H,1,11-18,33H2,2-9H3,(H,34,38)/t20-,21+,22-,25-,26+,27+,30-,31+,32+/m1/s1. The fourth-order valence-corrected chi connectivity index (χ4v) is 9.12. The average molecular weight is 563 g/mol. The van der Waals surface area contributed by atoms with Gasteiger partial charge in [0, 0.05) is 35.5 Å². The highest BCUT2D eigenvalue weighted by Crippen LogP contribution is 2.69. The van der Waals surface area contributed by atoms with Crippen LogP contribution in [-0.4, -0.2) is 51.8 Å². The molecule has 3 rings (SSSR count). The number of Topliss-reactive ketones (excluding diaryl/α,β-unsaturated/α-hetero) is 2. The summed E-state index contributed by atoms with van der Waals surface area (Å²) in [7, 11) is 0. The molecule has 3 saturated carbocycles. The van der Waals surface area contributed by atoms with Crippen LogP contribution in [0.5, 0.6) is 0 Å². The van der Waals surface area contributed by atoms with Crippen molar-refractivity contribution in [3.8, 4) is 0 Å². The fourth-order valence-electron chi connectivity index (χ4n) is 8.27. The first-order valence-corrected chi connectivity index (χ1v) is 16.0. The summed E-state index contributed by atoms with van der Waals surface area (Å²) in [5, 5.41) is 14.7. The van der Waals surface area contributed by atoms with E-state index in [0.717, 1.165) is 19.3 Å². The van der Waals surface area contributed by atoms with Crippen LogP contribution >= 0.6 is 11.8 Å². The minimum absolute atomic E-state index is 0.00388. The van der Waals surface area contributed by atoms with E-state index >= 15 is 0 Å². The van der Waals surface area contributed by atoms with Crippen LogP contribution in [0.25, 0.3) is 0 Å². The molecule has 0 unspecified atom stereocenters. The number of hydrogen-bond donors (Lipinski definition) is 3. The maximum Gasteiger partial charge on any atom is 0.237 e. The first kappa shape index (κ1) is 32.3. The lowest BCUT2D eigenvalue weighted by atomic mass is 9.41. The lowest BCUT2D eigenvalue weighted by molar-refractivity contribution is -0.177. The number of nitrogens with two attached hydrogens (primary N) is 1. The number of carbonyl (C=O) groups excluding carboxylic acids is 3. The van der Waals surface area contributed by atoms with E-state index < -0.39 is 17.6 Å². The highest BCUT2D eigenvalue weighted by atomic mass is 32.2. The predicted octanol–water partition coefficient (Wildman–Crippen LogP) is 5.17. The van der Waals surface area contributed by atoms with E-state index in [-0.39, 0.29) is 50.9 Å². The van der Waals surface area contributed by atoms with Gasteiger partial charge in [0.15, 0.2) is 0 Å². The smallest absolute Gasteiger partial charge is 0.237 e. The predicted molar refractivity (Wildman–Crippen MR) is 160 cm³/mol. The Bertz CT molecular complexity index is 966. The largest absolute Gasteiger partial charge is 0.392 e. The Kier molecular flexibility index (Phi) is 9.62. The van der Waals surface area contributed by atoms with Gasteiger partial charge in [-0.25, -0.2) is 0 Å². The topological polar surface area (TPSA) is 109 Å². The zero-order chi connectivity index (χ0) is 29.6. The molecule has 39 heavy (non-hydrogen) atoms. The van der Waals surface area contributed by atoms with E-state index in [1.807, 2.05) is 33.8 Å². The Morgan fingerprint density at radius 2 is 1.90 bits per heavy atom. The van der Waals surface area contributed by atoms with Crippen LogP contribution < -0.4 is 11.1 Å². The van der Waals surface area contributed by atoms with Crippen LogP contribution in [0.1, 0.15) is 93.9 Å². The Morgan fingerprint density at radius 1 is 1.26 bits per heavy atom. The maximum absolute atomic E-state index is 13.6. The Balaban J connectivity index is 1.82. The van der Waals surface area contributed by atoms with Gasteiger partial charge < -0.3 is 16.2 Å². The van der Waals surface area contributed by atoms with Gasteiger partial charge in [-0.1, -0.05) is 47.6 Å². The van der Waals surface area contributed by atoms with E-state index in [2.05, 4.69) is 39.6 Å². The monoisotopic (exact) mass is 562 g/mol. The van der Waals surface area contributed by atoms with Crippen molar-refractivity contribution in [2.24, 2.45) is 51.6 Å². The maximum atomic E-state index is 13.6. The number of rotatable bonds is 10. The van der Waals surface area contributed by atoms with Crippen molar-refractivity contribution in [3.63, 3.8) is 0 Å². The third kappa shape index (κ3) is 5.92. The molecule has 0 aliphatic heterocycles. The van der Waals surface area contributed by atoms with Crippen molar-refractivity contribution in [1.82, 2.24) is 5.32 Å². The molecule has 0 spiro atoms. The molecule has 9 atom stereocenters. The molecule has 3 aliphatic carbocycles. The molecule has 4 N–H and O–H groups in total. The van der Waals surface area contributed by atoms with Gasteiger partial charge in [0.05, 0.1) is 17.9 Å². The quantitative estimate of drug-likeness (QED) is 0.317. The van der Waals surface area contributed by atoms with E-state index in [4.69, 9.17) is 5.73 Å². The number of aliphatic hydroxyl groups excluding tert-OH is 1. The Morgan fingerprint density at radius 3 is 2.49 bits per heavy atom. The molecule has 3 fully saturated rings. The van der Waals surface area contributed by atoms with Crippen LogP contribution in [0, 0.1) is 45.8 Å². The summed E-state index contributed by atoms with van der Waals surface area (Å²) in [5.41, 5.74) is 4.93. The summed E-state index contributed by atoms with van der Waals surface area (Å²) >= 11 is 1.55. The molecular formula is C32H54N2O4S. The second kappa shape index (κ2) is 11.6. The van der Waals surface area contributed by atoms with Crippen molar-refractivity contribution in [1.29, 1.82) is 0 Å². The summed E-state index contributed by atoms with van der Waals surface area (Å²) in [5.74, 6) is 0.893. The third-order valence-electron chi connectivity index (χ3n) is 11.4.